The van der Waals surface area contributed by atoms with E-state index in [4.69, 9.17) is 5.73 Å². The summed E-state index contributed by atoms with van der Waals surface area (Å²) in [5, 5.41) is 25.7. The molecule has 0 fully saturated rings. The van der Waals surface area contributed by atoms with Gasteiger partial charge in [-0.15, -0.1) is 0 Å². The van der Waals surface area contributed by atoms with E-state index >= 15 is 0 Å². The van der Waals surface area contributed by atoms with Gasteiger partial charge in [-0.3, -0.25) is 9.59 Å². The summed E-state index contributed by atoms with van der Waals surface area (Å²) in [6.45, 7) is -4.21. The van der Waals surface area contributed by atoms with Crippen molar-refractivity contribution in [2.45, 2.75) is 11.8 Å². The van der Waals surface area contributed by atoms with Crippen LogP contribution < -0.4 is 11.1 Å². The molecule has 0 aliphatic rings. The van der Waals surface area contributed by atoms with Crippen molar-refractivity contribution in [2.24, 2.45) is 0 Å². The Morgan fingerprint density at radius 1 is 1.11 bits per heavy atom. The topological polar surface area (TPSA) is 134 Å². The maximum atomic E-state index is 14.0. The summed E-state index contributed by atoms with van der Waals surface area (Å²) in [6, 6.07) is 8.18. The first-order valence-corrected chi connectivity index (χ1v) is 11.6. The lowest BCUT2D eigenvalue weighted by Crippen LogP contribution is -2.60. The number of hydrogen-bond acceptors (Lipinski definition) is 6. The monoisotopic (exact) mass is 605 g/mol. The van der Waals surface area contributed by atoms with Crippen molar-refractivity contribution in [1.29, 1.82) is 0 Å². The van der Waals surface area contributed by atoms with Crippen molar-refractivity contribution in [1.82, 2.24) is 20.0 Å². The zero-order valence-corrected chi connectivity index (χ0v) is 20.9. The Hall–Kier alpha value is -3.56. The number of nitrogens with zero attached hydrogens (tertiary/aromatic N) is 3. The third-order valence-corrected chi connectivity index (χ3v) is 6.29. The highest BCUT2D eigenvalue weighted by Crippen LogP contribution is 2.32. The Bertz CT molecular complexity index is 1320. The number of alkyl halides is 3. The van der Waals surface area contributed by atoms with E-state index in [0.29, 0.717) is 4.90 Å². The quantitative estimate of drug-likeness (QED) is 0.277. The highest BCUT2D eigenvalue weighted by atomic mass is 79.9. The van der Waals surface area contributed by atoms with E-state index in [0.717, 1.165) is 41.2 Å². The molecule has 0 bridgehead atoms. The molecule has 1 heterocycles. The molecule has 3 aromatic rings. The van der Waals surface area contributed by atoms with Gasteiger partial charge in [-0.1, -0.05) is 6.07 Å². The van der Waals surface area contributed by atoms with Crippen LogP contribution in [0.3, 0.4) is 0 Å². The molecule has 2 amide bonds. The van der Waals surface area contributed by atoms with Gasteiger partial charge in [-0.25, -0.2) is 13.5 Å². The fourth-order valence-electron chi connectivity index (χ4n) is 3.42. The average molecular weight is 606 g/mol. The van der Waals surface area contributed by atoms with Crippen molar-refractivity contribution >= 4 is 33.6 Å². The number of carbonyl (C=O) groups excluding carboxylic acids is 2. The lowest BCUT2D eigenvalue weighted by Gasteiger charge is -2.35. The van der Waals surface area contributed by atoms with Gasteiger partial charge in [0.1, 0.15) is 23.0 Å². The molecule has 2 aromatic carbocycles. The van der Waals surface area contributed by atoms with Gasteiger partial charge < -0.3 is 26.2 Å². The number of rotatable bonds is 9. The predicted molar refractivity (Wildman–Crippen MR) is 128 cm³/mol. The Morgan fingerprint density at radius 3 is 2.37 bits per heavy atom. The molecule has 38 heavy (non-hydrogen) atoms. The molecular formula is C23H21BrF5N5O4. The number of aromatic nitrogens is 2. The second-order valence-electron chi connectivity index (χ2n) is 8.10. The van der Waals surface area contributed by atoms with Crippen LogP contribution in [0.2, 0.25) is 0 Å². The van der Waals surface area contributed by atoms with E-state index in [2.05, 4.69) is 21.0 Å². The molecule has 0 spiro atoms. The number of benzene rings is 2. The van der Waals surface area contributed by atoms with Crippen LogP contribution in [-0.4, -0.2) is 74.7 Å². The van der Waals surface area contributed by atoms with E-state index in [1.807, 2.05) is 5.32 Å². The zero-order valence-electron chi connectivity index (χ0n) is 19.3. The number of halogens is 6. The second kappa shape index (κ2) is 11.4. The minimum atomic E-state index is -5.35. The molecule has 1 aromatic heterocycles. The summed E-state index contributed by atoms with van der Waals surface area (Å²) in [7, 11) is 0. The number of aliphatic hydroxyl groups excluding tert-OH is 1. The average Bonchev–Trinajstić information content (AvgIpc) is 3.24. The summed E-state index contributed by atoms with van der Waals surface area (Å²) in [5.74, 6) is -3.88. The van der Waals surface area contributed by atoms with Gasteiger partial charge in [0.2, 0.25) is 0 Å². The minimum absolute atomic E-state index is 0.266. The number of carbonyl (C=O) groups is 2. The lowest BCUT2D eigenvalue weighted by molar-refractivity contribution is -0.260. The van der Waals surface area contributed by atoms with Crippen LogP contribution in [0.5, 0.6) is 0 Å². The number of hydrogen-bond donors (Lipinski definition) is 4. The molecule has 0 saturated carbocycles. The first kappa shape index (κ1) is 29.0. The smallest absolute Gasteiger partial charge is 0.395 e. The molecule has 0 radical (unpaired) electrons. The summed E-state index contributed by atoms with van der Waals surface area (Å²) >= 11 is 2.86. The first-order chi connectivity index (χ1) is 17.8. The number of amides is 2. The van der Waals surface area contributed by atoms with Gasteiger partial charge in [-0.05, 0) is 52.3 Å². The van der Waals surface area contributed by atoms with Crippen molar-refractivity contribution < 1.29 is 41.8 Å². The highest BCUT2D eigenvalue weighted by Gasteiger charge is 2.55. The van der Waals surface area contributed by atoms with E-state index in [1.165, 1.54) is 12.1 Å². The highest BCUT2D eigenvalue weighted by molar-refractivity contribution is 9.10. The number of aliphatic hydroxyl groups is 2. The Morgan fingerprint density at radius 2 is 1.76 bits per heavy atom. The molecular weight excluding hydrogens is 585 g/mol. The van der Waals surface area contributed by atoms with Gasteiger partial charge in [0, 0.05) is 6.54 Å². The lowest BCUT2D eigenvalue weighted by atomic mass is 10.0. The third kappa shape index (κ3) is 6.11. The summed E-state index contributed by atoms with van der Waals surface area (Å²) in [5.41, 5.74) is 1.83. The van der Waals surface area contributed by atoms with Crippen LogP contribution >= 0.6 is 15.9 Å². The summed E-state index contributed by atoms with van der Waals surface area (Å²) in [6.07, 6.45) is -4.37. The van der Waals surface area contributed by atoms with Crippen LogP contribution in [0, 0.1) is 11.6 Å². The first-order valence-electron chi connectivity index (χ1n) is 10.8. The van der Waals surface area contributed by atoms with Crippen LogP contribution in [0.1, 0.15) is 20.7 Å². The van der Waals surface area contributed by atoms with E-state index in [1.54, 1.807) is 0 Å². The molecule has 204 valence electrons. The Balaban J connectivity index is 1.82. The molecule has 1 atom stereocenters. The molecule has 0 aliphatic heterocycles. The molecule has 15 heteroatoms. The Labute approximate surface area is 220 Å². The van der Waals surface area contributed by atoms with Gasteiger partial charge in [0.15, 0.2) is 5.60 Å². The summed E-state index contributed by atoms with van der Waals surface area (Å²) < 4.78 is 69.7. The zero-order chi connectivity index (χ0) is 28.3. The normalized spacial score (nSPS) is 13.2. The molecule has 9 nitrogen and oxygen atoms in total. The fraction of sp³-hybridized carbons (Fsp3) is 0.261. The molecule has 0 aliphatic carbocycles. The van der Waals surface area contributed by atoms with Crippen LogP contribution in [0.4, 0.5) is 27.8 Å². The van der Waals surface area contributed by atoms with Gasteiger partial charge in [0.25, 0.3) is 11.8 Å². The third-order valence-electron chi connectivity index (χ3n) is 5.48. The standard InChI is InChI=1S/C23H21BrF5N5O4/c24-18-15(2-1-3-17(18)26)21(37)33(8-9-35)12-22(38,23(27,28)29)11-31-20(36)16-10-32-34(19(16)30)14-6-4-13(25)5-7-14/h1-7,10,35,38H,8-9,11-12,30H2,(H,31,36). The Kier molecular flexibility index (Phi) is 8.74. The van der Waals surface area contributed by atoms with Gasteiger partial charge in [0.05, 0.1) is 41.6 Å². The SMILES string of the molecule is Nc1c(C(=O)NCC(O)(CN(CCO)C(=O)c2cccc(F)c2Br)C(F)(F)F)cnn1-c1ccc(F)cc1. The number of nitrogens with one attached hydrogen (secondary N) is 1. The van der Waals surface area contributed by atoms with E-state index in [-0.39, 0.29) is 27.1 Å². The van der Waals surface area contributed by atoms with Crippen LogP contribution in [0.25, 0.3) is 5.69 Å². The fourth-order valence-corrected chi connectivity index (χ4v) is 3.85. The largest absolute Gasteiger partial charge is 0.420 e. The minimum Gasteiger partial charge on any atom is -0.395 e. The second-order valence-corrected chi connectivity index (χ2v) is 8.89. The van der Waals surface area contributed by atoms with Crippen molar-refractivity contribution in [2.75, 3.05) is 32.0 Å². The van der Waals surface area contributed by atoms with Gasteiger partial charge in [-0.2, -0.15) is 18.3 Å². The van der Waals surface area contributed by atoms with Crippen LogP contribution in [0.15, 0.2) is 53.1 Å². The van der Waals surface area contributed by atoms with Crippen LogP contribution in [-0.2, 0) is 0 Å². The maximum Gasteiger partial charge on any atom is 0.420 e. The predicted octanol–water partition coefficient (Wildman–Crippen LogP) is 2.65. The van der Waals surface area contributed by atoms with Crippen molar-refractivity contribution in [3.63, 3.8) is 0 Å². The number of nitrogens with two attached hydrogens (primary N) is 1. The molecule has 5 N–H and O–H groups in total. The van der Waals surface area contributed by atoms with Gasteiger partial charge >= 0.3 is 6.18 Å². The number of nitrogen functional groups attached to an aromatic ring is 1. The van der Waals surface area contributed by atoms with E-state index in [9.17, 15) is 41.8 Å². The van der Waals surface area contributed by atoms with Crippen molar-refractivity contribution in [3.05, 3.63) is 75.9 Å². The molecule has 3 rings (SSSR count). The molecule has 1 unspecified atom stereocenters. The summed E-state index contributed by atoms with van der Waals surface area (Å²) in [4.78, 5) is 26.0. The number of anilines is 1. The van der Waals surface area contributed by atoms with Crippen molar-refractivity contribution in [3.8, 4) is 5.69 Å². The maximum absolute atomic E-state index is 14.0. The molecule has 0 saturated heterocycles. The van der Waals surface area contributed by atoms with E-state index < -0.39 is 61.5 Å².